The van der Waals surface area contributed by atoms with E-state index in [1.165, 1.54) is 18.2 Å². The summed E-state index contributed by atoms with van der Waals surface area (Å²) in [5.74, 6) is 0.207. The molecule has 1 heterocycles. The lowest BCUT2D eigenvalue weighted by Gasteiger charge is -2.16. The van der Waals surface area contributed by atoms with Crippen LogP contribution in [0.1, 0.15) is 23.2 Å². The SMILES string of the molecule is O=C1Nc2cc(F)ccc2OCCCCOc2ccccc21. The topological polar surface area (TPSA) is 47.6 Å². The summed E-state index contributed by atoms with van der Waals surface area (Å²) in [5, 5.41) is 2.69. The van der Waals surface area contributed by atoms with Crippen LogP contribution in [-0.4, -0.2) is 19.1 Å². The highest BCUT2D eigenvalue weighted by molar-refractivity contribution is 6.06. The van der Waals surface area contributed by atoms with Gasteiger partial charge in [0.2, 0.25) is 0 Å². The van der Waals surface area contributed by atoms with Gasteiger partial charge in [-0.2, -0.15) is 0 Å². The van der Waals surface area contributed by atoms with Crippen LogP contribution in [0.3, 0.4) is 0 Å². The predicted octanol–water partition coefficient (Wildman–Crippen LogP) is 3.63. The Morgan fingerprint density at radius 2 is 1.68 bits per heavy atom. The van der Waals surface area contributed by atoms with E-state index in [-0.39, 0.29) is 5.91 Å². The molecule has 0 radical (unpaired) electrons. The Morgan fingerprint density at radius 1 is 0.955 bits per heavy atom. The molecule has 2 aromatic rings. The molecule has 1 aliphatic rings. The van der Waals surface area contributed by atoms with Gasteiger partial charge in [0, 0.05) is 6.07 Å². The number of amides is 1. The first-order valence-corrected chi connectivity index (χ1v) is 7.19. The maximum Gasteiger partial charge on any atom is 0.259 e. The van der Waals surface area contributed by atoms with Crippen molar-refractivity contribution in [3.05, 3.63) is 53.8 Å². The molecule has 3 rings (SSSR count). The van der Waals surface area contributed by atoms with Crippen molar-refractivity contribution in [2.75, 3.05) is 18.5 Å². The number of halogens is 1. The van der Waals surface area contributed by atoms with Gasteiger partial charge < -0.3 is 14.8 Å². The smallest absolute Gasteiger partial charge is 0.259 e. The second kappa shape index (κ2) is 6.47. The molecule has 0 fully saturated rings. The number of nitrogens with one attached hydrogen (secondary N) is 1. The zero-order valence-corrected chi connectivity index (χ0v) is 12.0. The lowest BCUT2D eigenvalue weighted by molar-refractivity contribution is 0.102. The minimum Gasteiger partial charge on any atom is -0.493 e. The van der Waals surface area contributed by atoms with Gasteiger partial charge in [0.1, 0.15) is 17.3 Å². The Labute approximate surface area is 127 Å². The third-order valence-electron chi connectivity index (χ3n) is 3.38. The third-order valence-corrected chi connectivity index (χ3v) is 3.38. The molecule has 0 atom stereocenters. The minimum atomic E-state index is -0.431. The van der Waals surface area contributed by atoms with Crippen LogP contribution in [0, 0.1) is 5.82 Å². The van der Waals surface area contributed by atoms with Crippen LogP contribution < -0.4 is 14.8 Å². The van der Waals surface area contributed by atoms with E-state index in [0.717, 1.165) is 12.8 Å². The number of carbonyl (C=O) groups is 1. The number of hydrogen-bond donors (Lipinski definition) is 1. The largest absolute Gasteiger partial charge is 0.493 e. The summed E-state index contributed by atoms with van der Waals surface area (Å²) < 4.78 is 24.7. The average Bonchev–Trinajstić information content (AvgIpc) is 2.51. The van der Waals surface area contributed by atoms with Gasteiger partial charge in [0.15, 0.2) is 0 Å². The molecule has 0 aliphatic carbocycles. The quantitative estimate of drug-likeness (QED) is 0.808. The fourth-order valence-electron chi connectivity index (χ4n) is 2.26. The van der Waals surface area contributed by atoms with Gasteiger partial charge in [-0.25, -0.2) is 4.39 Å². The van der Waals surface area contributed by atoms with E-state index >= 15 is 0 Å². The molecule has 1 N–H and O–H groups in total. The second-order valence-electron chi connectivity index (χ2n) is 4.99. The normalized spacial score (nSPS) is 15.0. The molecule has 0 spiro atoms. The van der Waals surface area contributed by atoms with Gasteiger partial charge in [-0.05, 0) is 37.1 Å². The van der Waals surface area contributed by atoms with Gasteiger partial charge in [0.25, 0.3) is 5.91 Å². The molecule has 0 saturated carbocycles. The highest BCUT2D eigenvalue weighted by Gasteiger charge is 2.16. The van der Waals surface area contributed by atoms with Crippen molar-refractivity contribution in [2.24, 2.45) is 0 Å². The molecule has 1 aliphatic heterocycles. The number of para-hydroxylation sites is 1. The fourth-order valence-corrected chi connectivity index (χ4v) is 2.26. The first-order chi connectivity index (χ1) is 10.7. The van der Waals surface area contributed by atoms with E-state index in [9.17, 15) is 9.18 Å². The van der Waals surface area contributed by atoms with E-state index in [1.54, 1.807) is 18.2 Å². The summed E-state index contributed by atoms with van der Waals surface area (Å²) in [7, 11) is 0. The minimum absolute atomic E-state index is 0.320. The van der Waals surface area contributed by atoms with Gasteiger partial charge in [-0.15, -0.1) is 0 Å². The molecule has 114 valence electrons. The van der Waals surface area contributed by atoms with E-state index in [4.69, 9.17) is 9.47 Å². The van der Waals surface area contributed by atoms with E-state index in [0.29, 0.717) is 36.0 Å². The number of hydrogen-bond acceptors (Lipinski definition) is 3. The number of anilines is 1. The summed E-state index contributed by atoms with van der Waals surface area (Å²) in [4.78, 5) is 12.4. The first-order valence-electron chi connectivity index (χ1n) is 7.19. The second-order valence-corrected chi connectivity index (χ2v) is 4.99. The Bertz CT molecular complexity index is 687. The van der Waals surface area contributed by atoms with Crippen molar-refractivity contribution < 1.29 is 18.7 Å². The van der Waals surface area contributed by atoms with Crippen LogP contribution in [0.4, 0.5) is 10.1 Å². The lowest BCUT2D eigenvalue weighted by Crippen LogP contribution is -2.16. The van der Waals surface area contributed by atoms with E-state index in [2.05, 4.69) is 5.32 Å². The van der Waals surface area contributed by atoms with Crippen molar-refractivity contribution in [3.63, 3.8) is 0 Å². The molecular weight excluding hydrogens is 285 g/mol. The van der Waals surface area contributed by atoms with Gasteiger partial charge in [0.05, 0.1) is 24.5 Å². The van der Waals surface area contributed by atoms with Crippen molar-refractivity contribution >= 4 is 11.6 Å². The standard InChI is InChI=1S/C17H16FNO3/c18-12-7-8-16-14(11-12)19-17(20)13-5-1-2-6-15(13)21-9-3-4-10-22-16/h1-2,5-8,11H,3-4,9-10H2,(H,19,20). The maximum atomic E-state index is 13.4. The fraction of sp³-hybridized carbons (Fsp3) is 0.235. The summed E-state index contributed by atoms with van der Waals surface area (Å²) in [6, 6.07) is 11.1. The highest BCUT2D eigenvalue weighted by Crippen LogP contribution is 2.28. The van der Waals surface area contributed by atoms with Gasteiger partial charge >= 0.3 is 0 Å². The summed E-state index contributed by atoms with van der Waals surface area (Å²) in [5.41, 5.74) is 0.735. The molecule has 1 amide bonds. The number of rotatable bonds is 0. The molecule has 4 nitrogen and oxygen atoms in total. The molecule has 0 saturated heterocycles. The Kier molecular flexibility index (Phi) is 4.23. The highest BCUT2D eigenvalue weighted by atomic mass is 19.1. The van der Waals surface area contributed by atoms with Gasteiger partial charge in [-0.1, -0.05) is 12.1 Å². The summed E-state index contributed by atoms with van der Waals surface area (Å²) in [6.07, 6.45) is 1.62. The van der Waals surface area contributed by atoms with Crippen LogP contribution in [0.5, 0.6) is 11.5 Å². The van der Waals surface area contributed by atoms with E-state index in [1.807, 2.05) is 6.07 Å². The Balaban J connectivity index is 1.97. The number of fused-ring (bicyclic) bond motifs is 2. The van der Waals surface area contributed by atoms with Crippen LogP contribution in [-0.2, 0) is 0 Å². The Morgan fingerprint density at radius 3 is 2.50 bits per heavy atom. The van der Waals surface area contributed by atoms with Crippen molar-refractivity contribution in [3.8, 4) is 11.5 Å². The van der Waals surface area contributed by atoms with Crippen molar-refractivity contribution in [2.45, 2.75) is 12.8 Å². The zero-order valence-electron chi connectivity index (χ0n) is 12.0. The summed E-state index contributed by atoms with van der Waals surface area (Å²) in [6.45, 7) is 1.00. The zero-order chi connectivity index (χ0) is 15.4. The van der Waals surface area contributed by atoms with Crippen LogP contribution in [0.15, 0.2) is 42.5 Å². The molecule has 0 aromatic heterocycles. The average molecular weight is 301 g/mol. The molecule has 5 heteroatoms. The van der Waals surface area contributed by atoms with Crippen molar-refractivity contribution in [1.29, 1.82) is 0 Å². The molecule has 0 unspecified atom stereocenters. The number of benzene rings is 2. The third kappa shape index (κ3) is 3.19. The molecule has 22 heavy (non-hydrogen) atoms. The predicted molar refractivity (Wildman–Crippen MR) is 81.0 cm³/mol. The van der Waals surface area contributed by atoms with Crippen LogP contribution in [0.2, 0.25) is 0 Å². The van der Waals surface area contributed by atoms with Crippen LogP contribution >= 0.6 is 0 Å². The first kappa shape index (κ1) is 14.4. The number of ether oxygens (including phenoxy) is 2. The van der Waals surface area contributed by atoms with Crippen LogP contribution in [0.25, 0.3) is 0 Å². The van der Waals surface area contributed by atoms with E-state index < -0.39 is 5.82 Å². The summed E-state index contributed by atoms with van der Waals surface area (Å²) >= 11 is 0. The monoisotopic (exact) mass is 301 g/mol. The molecule has 0 bridgehead atoms. The lowest BCUT2D eigenvalue weighted by atomic mass is 10.1. The Hall–Kier alpha value is -2.56. The maximum absolute atomic E-state index is 13.4. The van der Waals surface area contributed by atoms with Crippen molar-refractivity contribution in [1.82, 2.24) is 0 Å². The number of carbonyl (C=O) groups excluding carboxylic acids is 1. The molecular formula is C17H16FNO3. The molecule has 2 aromatic carbocycles. The van der Waals surface area contributed by atoms with Gasteiger partial charge in [-0.3, -0.25) is 4.79 Å².